The average molecular weight is 827 g/mol. The monoisotopic (exact) mass is 826 g/mol. The smallest absolute Gasteiger partial charge is 0.179 e. The van der Waals surface area contributed by atoms with Crippen molar-refractivity contribution in [2.24, 2.45) is 0 Å². The maximum atomic E-state index is 17.5. The molecule has 0 N–H and O–H groups in total. The van der Waals surface area contributed by atoms with Gasteiger partial charge in [-0.3, -0.25) is 0 Å². The molecule has 0 saturated carbocycles. The minimum atomic E-state index is -3.67. The Bertz CT molecular complexity index is 4250. The number of rotatable bonds is 0. The maximum absolute atomic E-state index is 17.5. The molecule has 2 unspecified atom stereocenters. The summed E-state index contributed by atoms with van der Waals surface area (Å²) in [7, 11) is -7.34. The summed E-state index contributed by atoms with van der Waals surface area (Å²) in [6, 6.07) is 60.1. The first kappa shape index (κ1) is 31.5. The second-order valence-corrected chi connectivity index (χ2v) is 22.7. The van der Waals surface area contributed by atoms with E-state index in [1.807, 2.05) is 12.1 Å². The normalized spacial score (nSPS) is 18.6. The number of hydrogen-bond donors (Lipinski definition) is 0. The molecular formula is C54H28N4O2P2. The van der Waals surface area contributed by atoms with Crippen LogP contribution in [0.25, 0.3) is 110 Å². The zero-order chi connectivity index (χ0) is 40.1. The molecule has 8 heterocycles. The van der Waals surface area contributed by atoms with E-state index in [4.69, 9.17) is 0 Å². The zero-order valence-corrected chi connectivity index (χ0v) is 34.5. The Morgan fingerprint density at radius 2 is 0.581 bits per heavy atom. The summed E-state index contributed by atoms with van der Waals surface area (Å²) in [5, 5.41) is 13.8. The number of hydrogen-bond acceptors (Lipinski definition) is 2. The van der Waals surface area contributed by atoms with E-state index in [9.17, 15) is 0 Å². The van der Waals surface area contributed by atoms with Crippen molar-refractivity contribution in [2.45, 2.75) is 0 Å². The molecule has 0 amide bonds. The molecule has 4 aromatic heterocycles. The van der Waals surface area contributed by atoms with Gasteiger partial charge in [-0.1, -0.05) is 97.1 Å². The summed E-state index contributed by atoms with van der Waals surface area (Å²) >= 11 is 0. The molecule has 4 aliphatic heterocycles. The van der Waals surface area contributed by atoms with Crippen LogP contribution in [0, 0.1) is 0 Å². The quantitative estimate of drug-likeness (QED) is 0.143. The summed E-state index contributed by atoms with van der Waals surface area (Å²) in [6.07, 6.45) is 0. The van der Waals surface area contributed by atoms with Crippen molar-refractivity contribution < 1.29 is 9.13 Å². The lowest BCUT2D eigenvalue weighted by molar-refractivity contribution is 0.592. The molecule has 2 atom stereocenters. The SMILES string of the molecule is O=P12c3ccccc3-n3c4ccccc4c4cc5c6ccccc6n(c5c1c43)-c1cc3c(cc12)P1(=O)c2ccccc2-n2c4ccccc4c4cc5c6ccccc6n-3c5c1c42. The lowest BCUT2D eigenvalue weighted by atomic mass is 10.1. The van der Waals surface area contributed by atoms with Gasteiger partial charge in [0.2, 0.25) is 0 Å². The lowest BCUT2D eigenvalue weighted by Crippen LogP contribution is -2.42. The molecule has 0 saturated heterocycles. The Hall–Kier alpha value is -7.36. The number of nitrogens with zero attached hydrogens (tertiary/aromatic N) is 4. The summed E-state index contributed by atoms with van der Waals surface area (Å²) < 4.78 is 44.5. The van der Waals surface area contributed by atoms with Crippen LogP contribution in [0.5, 0.6) is 0 Å². The zero-order valence-electron chi connectivity index (χ0n) is 32.7. The van der Waals surface area contributed by atoms with Gasteiger partial charge >= 0.3 is 0 Å². The molecule has 0 fully saturated rings. The van der Waals surface area contributed by atoms with Crippen molar-refractivity contribution in [1.29, 1.82) is 0 Å². The van der Waals surface area contributed by atoms with E-state index >= 15 is 9.13 Å². The maximum Gasteiger partial charge on any atom is 0.179 e. The average Bonchev–Trinajstić information content (AvgIpc) is 4.04. The van der Waals surface area contributed by atoms with Crippen LogP contribution in [0.3, 0.4) is 0 Å². The third-order valence-electron chi connectivity index (χ3n) is 14.9. The van der Waals surface area contributed by atoms with Crippen molar-refractivity contribution in [1.82, 2.24) is 18.3 Å². The predicted octanol–water partition coefficient (Wildman–Crippen LogP) is 10.6. The Morgan fingerprint density at radius 3 is 0.952 bits per heavy atom. The first-order valence-electron chi connectivity index (χ1n) is 21.2. The molecule has 8 heteroatoms. The Balaban J connectivity index is 1.15. The highest BCUT2D eigenvalue weighted by Crippen LogP contribution is 2.61. The first-order chi connectivity index (χ1) is 30.6. The second-order valence-electron chi connectivity index (χ2n) is 17.5. The van der Waals surface area contributed by atoms with E-state index in [1.54, 1.807) is 0 Å². The largest absolute Gasteiger partial charge is 0.308 e. The minimum absolute atomic E-state index is 0.741. The fraction of sp³-hybridized carbons (Fsp3) is 0. The van der Waals surface area contributed by atoms with Crippen LogP contribution < -0.4 is 31.8 Å². The van der Waals surface area contributed by atoms with Crippen molar-refractivity contribution >= 4 is 133 Å². The molecule has 0 spiro atoms. The van der Waals surface area contributed by atoms with E-state index in [0.29, 0.717) is 0 Å². The summed E-state index contributed by atoms with van der Waals surface area (Å²) in [4.78, 5) is 0. The molecule has 9 aromatic carbocycles. The van der Waals surface area contributed by atoms with Crippen LogP contribution >= 0.6 is 14.3 Å². The van der Waals surface area contributed by atoms with Gasteiger partial charge in [-0.15, -0.1) is 0 Å². The lowest BCUT2D eigenvalue weighted by Gasteiger charge is -2.38. The fourth-order valence-corrected chi connectivity index (χ4v) is 19.5. The van der Waals surface area contributed by atoms with Gasteiger partial charge in [0, 0.05) is 64.3 Å². The first-order valence-corrected chi connectivity index (χ1v) is 24.6. The molecule has 0 aliphatic carbocycles. The highest BCUT2D eigenvalue weighted by atomic mass is 31.2. The van der Waals surface area contributed by atoms with E-state index in [-0.39, 0.29) is 0 Å². The second kappa shape index (κ2) is 9.88. The van der Waals surface area contributed by atoms with Gasteiger partial charge in [0.05, 0.1) is 77.5 Å². The standard InChI is InChI=1S/C54H28N4O2P2/c59-61-45-23-11-9-21-41(45)55-37-17-5-1-13-29(37)33-25-35-31-15-3-7-19-39(31)57(51(35)53(61)49(33)55)43-27-44-48(28-47(43)61)62(60)46-24-12-10-22-42(46)56-38-18-6-2-14-30(38)34-26-36-32-16-4-8-20-40(32)58(44)52(36)54(62)50(34)56/h1-28H. The van der Waals surface area contributed by atoms with Crippen LogP contribution in [0.2, 0.25) is 0 Å². The van der Waals surface area contributed by atoms with Crippen molar-refractivity contribution in [3.05, 3.63) is 170 Å². The van der Waals surface area contributed by atoms with Gasteiger partial charge in [0.25, 0.3) is 0 Å². The third kappa shape index (κ3) is 3.05. The molecule has 62 heavy (non-hydrogen) atoms. The number of aromatic nitrogens is 4. The fourth-order valence-electron chi connectivity index (χ4n) is 12.7. The number of fused-ring (bicyclic) bond motifs is 24. The van der Waals surface area contributed by atoms with Crippen LogP contribution in [-0.2, 0) is 9.13 Å². The highest BCUT2D eigenvalue weighted by Gasteiger charge is 2.51. The van der Waals surface area contributed by atoms with Gasteiger partial charge in [0.1, 0.15) is 0 Å². The van der Waals surface area contributed by atoms with Gasteiger partial charge in [0.15, 0.2) is 14.3 Å². The predicted molar refractivity (Wildman–Crippen MR) is 257 cm³/mol. The van der Waals surface area contributed by atoms with Crippen LogP contribution in [0.1, 0.15) is 0 Å². The molecule has 0 bridgehead atoms. The van der Waals surface area contributed by atoms with Crippen molar-refractivity contribution in [3.8, 4) is 22.7 Å². The van der Waals surface area contributed by atoms with Crippen LogP contribution in [-0.4, -0.2) is 18.3 Å². The van der Waals surface area contributed by atoms with Gasteiger partial charge < -0.3 is 27.4 Å². The Labute approximate surface area is 351 Å². The summed E-state index contributed by atoms with van der Waals surface area (Å²) in [5.41, 5.74) is 11.9. The van der Waals surface area contributed by atoms with Gasteiger partial charge in [-0.05, 0) is 72.8 Å². The molecule has 13 aromatic rings. The third-order valence-corrected chi connectivity index (χ3v) is 21.2. The molecule has 17 rings (SSSR count). The molecule has 286 valence electrons. The van der Waals surface area contributed by atoms with Gasteiger partial charge in [-0.2, -0.15) is 0 Å². The number of benzene rings is 9. The van der Waals surface area contributed by atoms with Crippen molar-refractivity contribution in [2.75, 3.05) is 0 Å². The van der Waals surface area contributed by atoms with E-state index in [1.165, 1.54) is 0 Å². The molecule has 6 nitrogen and oxygen atoms in total. The summed E-state index contributed by atoms with van der Waals surface area (Å²) in [5.74, 6) is 0. The Morgan fingerprint density at radius 1 is 0.274 bits per heavy atom. The molecule has 4 aliphatic rings. The van der Waals surface area contributed by atoms with E-state index in [2.05, 4.69) is 176 Å². The molecular weight excluding hydrogens is 799 g/mol. The topological polar surface area (TPSA) is 53.9 Å². The minimum Gasteiger partial charge on any atom is -0.308 e. The van der Waals surface area contributed by atoms with Gasteiger partial charge in [-0.25, -0.2) is 0 Å². The Kier molecular flexibility index (Phi) is 5.02. The highest BCUT2D eigenvalue weighted by molar-refractivity contribution is 7.88. The van der Waals surface area contributed by atoms with Crippen molar-refractivity contribution in [3.63, 3.8) is 0 Å². The molecule has 0 radical (unpaired) electrons. The van der Waals surface area contributed by atoms with E-state index < -0.39 is 14.3 Å². The summed E-state index contributed by atoms with van der Waals surface area (Å²) in [6.45, 7) is 0. The number of para-hydroxylation sites is 6. The van der Waals surface area contributed by atoms with E-state index in [0.717, 1.165) is 142 Å². The van der Waals surface area contributed by atoms with Crippen LogP contribution in [0.15, 0.2) is 170 Å². The van der Waals surface area contributed by atoms with Crippen LogP contribution in [0.4, 0.5) is 0 Å².